The molecule has 12 heteroatoms. The first-order chi connectivity index (χ1) is 22.8. The van der Waals surface area contributed by atoms with E-state index >= 15 is 0 Å². The number of aromatic nitrogens is 1. The maximum absolute atomic E-state index is 13.9. The summed E-state index contributed by atoms with van der Waals surface area (Å²) < 4.78 is 10.6. The van der Waals surface area contributed by atoms with E-state index in [1.165, 1.54) is 12.3 Å². The molecule has 3 aromatic rings. The fourth-order valence-electron chi connectivity index (χ4n) is 4.61. The molecule has 1 aromatic heterocycles. The molecule has 0 radical (unpaired) electrons. The third-order valence-corrected chi connectivity index (χ3v) is 6.84. The number of Topliss-reactive ketones (excluding diaryl/α,β-unsaturated/α-hetero) is 1. The zero-order chi connectivity index (χ0) is 35.1. The van der Waals surface area contributed by atoms with Crippen molar-refractivity contribution in [3.63, 3.8) is 0 Å². The number of hydrogen-bond donors (Lipinski definition) is 4. The number of benzene rings is 2. The van der Waals surface area contributed by atoms with E-state index in [-0.39, 0.29) is 37.6 Å². The molecule has 0 spiro atoms. The second kappa shape index (κ2) is 18.2. The monoisotopic (exact) mass is 659 g/mol. The van der Waals surface area contributed by atoms with E-state index in [0.29, 0.717) is 0 Å². The lowest BCUT2D eigenvalue weighted by Gasteiger charge is -2.26. The standard InChI is InChI=1S/C36H45N5O7/c1-24(2)20-28(41-35(46)47-23-26-16-10-7-11-17-26)32(43)39-29(21-25-14-8-6-9-15-25)33(44)40-30(22-38-34(45)48-36(3,4)5)31(42)27-18-12-13-19-37-27/h6-19,24,28-30H,20-23H2,1-5H3,(H,38,45)(H,39,43)(H,40,44)(H,41,46)/t28-,29-,30-/m0/s1. The summed E-state index contributed by atoms with van der Waals surface area (Å²) >= 11 is 0. The Balaban J connectivity index is 1.80. The number of nitrogens with one attached hydrogen (secondary N) is 4. The molecule has 3 rings (SSSR count). The Hall–Kier alpha value is -5.26. The van der Waals surface area contributed by atoms with Crippen LogP contribution in [0.5, 0.6) is 0 Å². The number of nitrogens with zero attached hydrogens (tertiary/aromatic N) is 1. The van der Waals surface area contributed by atoms with Gasteiger partial charge in [0.05, 0.1) is 0 Å². The molecule has 2 aromatic carbocycles. The van der Waals surface area contributed by atoms with Crippen LogP contribution >= 0.6 is 0 Å². The van der Waals surface area contributed by atoms with Crippen molar-refractivity contribution in [2.75, 3.05) is 6.54 Å². The van der Waals surface area contributed by atoms with Crippen LogP contribution < -0.4 is 21.3 Å². The van der Waals surface area contributed by atoms with Gasteiger partial charge in [-0.1, -0.05) is 80.6 Å². The van der Waals surface area contributed by atoms with Gasteiger partial charge in [0.15, 0.2) is 0 Å². The molecule has 1 heterocycles. The van der Waals surface area contributed by atoms with Crippen LogP contribution in [-0.4, -0.2) is 65.0 Å². The Morgan fingerprint density at radius 3 is 1.88 bits per heavy atom. The molecular weight excluding hydrogens is 614 g/mol. The highest BCUT2D eigenvalue weighted by Crippen LogP contribution is 2.11. The largest absolute Gasteiger partial charge is 0.445 e. The molecule has 12 nitrogen and oxygen atoms in total. The zero-order valence-electron chi connectivity index (χ0n) is 28.0. The van der Waals surface area contributed by atoms with Crippen LogP contribution in [0.2, 0.25) is 0 Å². The minimum absolute atomic E-state index is 0.0101. The summed E-state index contributed by atoms with van der Waals surface area (Å²) in [5.74, 6) is -1.82. The summed E-state index contributed by atoms with van der Waals surface area (Å²) in [6.07, 6.45) is 0.241. The van der Waals surface area contributed by atoms with Crippen molar-refractivity contribution in [2.24, 2.45) is 5.92 Å². The Bertz CT molecular complexity index is 1500. The van der Waals surface area contributed by atoms with Crippen LogP contribution in [0.1, 0.15) is 62.7 Å². The van der Waals surface area contributed by atoms with Crippen molar-refractivity contribution in [3.8, 4) is 0 Å². The molecule has 4 N–H and O–H groups in total. The maximum Gasteiger partial charge on any atom is 0.408 e. The topological polar surface area (TPSA) is 165 Å². The van der Waals surface area contributed by atoms with Gasteiger partial charge in [0.1, 0.15) is 36.0 Å². The van der Waals surface area contributed by atoms with Gasteiger partial charge in [-0.2, -0.15) is 0 Å². The SMILES string of the molecule is CC(C)C[C@H](NC(=O)OCc1ccccc1)C(=O)N[C@@H](Cc1ccccc1)C(=O)N[C@@H](CNC(=O)OC(C)(C)C)C(=O)c1ccccn1. The predicted molar refractivity (Wildman–Crippen MR) is 180 cm³/mol. The molecule has 256 valence electrons. The molecular formula is C36H45N5O7. The molecule has 4 amide bonds. The van der Waals surface area contributed by atoms with Crippen LogP contribution in [-0.2, 0) is 32.1 Å². The molecule has 0 saturated heterocycles. The molecule has 0 aliphatic rings. The van der Waals surface area contributed by atoms with Crippen molar-refractivity contribution in [3.05, 3.63) is 102 Å². The van der Waals surface area contributed by atoms with E-state index in [0.717, 1.165) is 11.1 Å². The number of amides is 4. The van der Waals surface area contributed by atoms with Crippen LogP contribution in [0, 0.1) is 5.92 Å². The number of carbonyl (C=O) groups is 5. The highest BCUT2D eigenvalue weighted by atomic mass is 16.6. The summed E-state index contributed by atoms with van der Waals surface area (Å²) in [5, 5.41) is 10.6. The van der Waals surface area contributed by atoms with E-state index in [1.54, 1.807) is 57.2 Å². The van der Waals surface area contributed by atoms with E-state index in [4.69, 9.17) is 9.47 Å². The summed E-state index contributed by atoms with van der Waals surface area (Å²) in [5.41, 5.74) is 0.821. The van der Waals surface area contributed by atoms with Gasteiger partial charge in [-0.25, -0.2) is 9.59 Å². The molecule has 0 bridgehead atoms. The number of hydrogen-bond acceptors (Lipinski definition) is 8. The van der Waals surface area contributed by atoms with Gasteiger partial charge in [0, 0.05) is 19.2 Å². The number of ether oxygens (including phenoxy) is 2. The first-order valence-corrected chi connectivity index (χ1v) is 15.8. The van der Waals surface area contributed by atoms with E-state index in [2.05, 4.69) is 26.3 Å². The quantitative estimate of drug-likeness (QED) is 0.175. The van der Waals surface area contributed by atoms with E-state index in [9.17, 15) is 24.0 Å². The van der Waals surface area contributed by atoms with Gasteiger partial charge < -0.3 is 30.7 Å². The van der Waals surface area contributed by atoms with Crippen molar-refractivity contribution >= 4 is 29.8 Å². The number of alkyl carbamates (subject to hydrolysis) is 2. The second-order valence-corrected chi connectivity index (χ2v) is 12.7. The fourth-order valence-corrected chi connectivity index (χ4v) is 4.61. The van der Waals surface area contributed by atoms with Crippen molar-refractivity contribution in [1.29, 1.82) is 0 Å². The van der Waals surface area contributed by atoms with Crippen molar-refractivity contribution < 1.29 is 33.4 Å². The third-order valence-electron chi connectivity index (χ3n) is 6.84. The summed E-state index contributed by atoms with van der Waals surface area (Å²) in [6.45, 7) is 8.62. The van der Waals surface area contributed by atoms with Crippen LogP contribution in [0.3, 0.4) is 0 Å². The first-order valence-electron chi connectivity index (χ1n) is 15.8. The Morgan fingerprint density at radius 2 is 1.29 bits per heavy atom. The second-order valence-electron chi connectivity index (χ2n) is 12.7. The van der Waals surface area contributed by atoms with Gasteiger partial charge in [0.2, 0.25) is 17.6 Å². The van der Waals surface area contributed by atoms with Crippen LogP contribution in [0.15, 0.2) is 85.1 Å². The molecule has 0 fully saturated rings. The zero-order valence-corrected chi connectivity index (χ0v) is 28.0. The van der Waals surface area contributed by atoms with Crippen molar-refractivity contribution in [2.45, 2.75) is 77.8 Å². The summed E-state index contributed by atoms with van der Waals surface area (Å²) in [6, 6.07) is 19.5. The highest BCUT2D eigenvalue weighted by molar-refractivity contribution is 6.02. The molecule has 0 aliphatic carbocycles. The average molecular weight is 660 g/mol. The lowest BCUT2D eigenvalue weighted by molar-refractivity contribution is -0.130. The molecule has 0 aliphatic heterocycles. The van der Waals surface area contributed by atoms with E-state index < -0.39 is 53.5 Å². The Kier molecular flexibility index (Phi) is 14.1. The smallest absolute Gasteiger partial charge is 0.408 e. The van der Waals surface area contributed by atoms with Gasteiger partial charge >= 0.3 is 12.2 Å². The predicted octanol–water partition coefficient (Wildman–Crippen LogP) is 4.34. The number of carbonyl (C=O) groups excluding carboxylic acids is 5. The average Bonchev–Trinajstić information content (AvgIpc) is 3.05. The minimum atomic E-state index is -1.24. The number of ketones is 1. The molecule has 0 unspecified atom stereocenters. The summed E-state index contributed by atoms with van der Waals surface area (Å²) in [7, 11) is 0. The lowest BCUT2D eigenvalue weighted by Crippen LogP contribution is -2.58. The highest BCUT2D eigenvalue weighted by Gasteiger charge is 2.32. The number of rotatable bonds is 15. The van der Waals surface area contributed by atoms with E-state index in [1.807, 2.05) is 50.2 Å². The third kappa shape index (κ3) is 13.2. The van der Waals surface area contributed by atoms with Crippen molar-refractivity contribution in [1.82, 2.24) is 26.3 Å². The Labute approximate surface area is 281 Å². The number of pyridine rings is 1. The Morgan fingerprint density at radius 1 is 0.708 bits per heavy atom. The lowest BCUT2D eigenvalue weighted by atomic mass is 10.0. The van der Waals surface area contributed by atoms with Gasteiger partial charge in [-0.15, -0.1) is 0 Å². The van der Waals surface area contributed by atoms with Gasteiger partial charge in [0.25, 0.3) is 0 Å². The molecule has 48 heavy (non-hydrogen) atoms. The molecule has 0 saturated carbocycles. The van der Waals surface area contributed by atoms with Gasteiger partial charge in [-0.3, -0.25) is 19.4 Å². The maximum atomic E-state index is 13.9. The minimum Gasteiger partial charge on any atom is -0.445 e. The van der Waals surface area contributed by atoms with Crippen LogP contribution in [0.25, 0.3) is 0 Å². The molecule has 3 atom stereocenters. The van der Waals surface area contributed by atoms with Crippen LogP contribution in [0.4, 0.5) is 9.59 Å². The first kappa shape index (κ1) is 37.2. The summed E-state index contributed by atoms with van der Waals surface area (Å²) in [4.78, 5) is 70.3. The fraction of sp³-hybridized carbons (Fsp3) is 0.389. The van der Waals surface area contributed by atoms with Gasteiger partial charge in [-0.05, 0) is 56.4 Å². The normalized spacial score (nSPS) is 13.0.